The number of aliphatic carboxylic acids is 1. The van der Waals surface area contributed by atoms with E-state index in [1.807, 2.05) is 0 Å². The predicted molar refractivity (Wildman–Crippen MR) is 67.0 cm³/mol. The van der Waals surface area contributed by atoms with Crippen LogP contribution in [0.25, 0.3) is 0 Å². The number of hydrogen-bond acceptors (Lipinski definition) is 5. The fraction of sp³-hybridized carbons (Fsp3) is 0.500. The van der Waals surface area contributed by atoms with Gasteiger partial charge in [0.15, 0.2) is 5.69 Å². The summed E-state index contributed by atoms with van der Waals surface area (Å²) < 4.78 is 4.83. The Morgan fingerprint density at radius 2 is 2.05 bits per heavy atom. The van der Waals surface area contributed by atoms with Crippen molar-refractivity contribution in [3.8, 4) is 5.88 Å². The maximum Gasteiger partial charge on any atom is 0.309 e. The average molecular weight is 267 g/mol. The molecule has 2 N–H and O–H groups in total. The molecule has 0 unspecified atom stereocenters. The van der Waals surface area contributed by atoms with Crippen LogP contribution in [-0.2, 0) is 4.79 Å². The van der Waals surface area contributed by atoms with Crippen molar-refractivity contribution in [2.45, 2.75) is 20.3 Å². The van der Waals surface area contributed by atoms with Crippen LogP contribution in [0.15, 0.2) is 12.1 Å². The topological polar surface area (TPSA) is 101 Å². The quantitative estimate of drug-likeness (QED) is 0.787. The number of nitrogens with zero attached hydrogens (tertiary/aromatic N) is 2. The Kier molecular flexibility index (Phi) is 4.80. The Morgan fingerprint density at radius 1 is 1.37 bits per heavy atom. The number of carboxylic acid groups (broad SMARTS) is 1. The van der Waals surface area contributed by atoms with Gasteiger partial charge in [-0.2, -0.15) is 0 Å². The van der Waals surface area contributed by atoms with E-state index in [1.165, 1.54) is 19.2 Å². The van der Waals surface area contributed by atoms with Gasteiger partial charge in [-0.3, -0.25) is 9.59 Å². The van der Waals surface area contributed by atoms with E-state index in [2.05, 4.69) is 15.5 Å². The number of ether oxygens (including phenoxy) is 1. The second-order valence-electron chi connectivity index (χ2n) is 4.66. The molecule has 7 heteroatoms. The van der Waals surface area contributed by atoms with Gasteiger partial charge in [0.2, 0.25) is 5.88 Å². The first-order chi connectivity index (χ1) is 8.86. The van der Waals surface area contributed by atoms with Crippen molar-refractivity contribution >= 4 is 11.9 Å². The molecule has 1 amide bonds. The van der Waals surface area contributed by atoms with Crippen LogP contribution in [0.3, 0.4) is 0 Å². The number of carbonyl (C=O) groups excluding carboxylic acids is 1. The van der Waals surface area contributed by atoms with Gasteiger partial charge in [-0.05, 0) is 26.3 Å². The molecule has 19 heavy (non-hydrogen) atoms. The van der Waals surface area contributed by atoms with Crippen LogP contribution >= 0.6 is 0 Å². The Hall–Kier alpha value is -2.18. The molecule has 0 aliphatic carbocycles. The molecule has 0 radical (unpaired) electrons. The standard InChI is InChI=1S/C12H17N3O4/c1-12(2,11(17)18)6-7-13-10(16)8-4-5-9(19-3)15-14-8/h4-5H,6-7H2,1-3H3,(H,13,16)(H,17,18). The molecule has 0 bridgehead atoms. The number of methoxy groups -OCH3 is 1. The molecule has 0 saturated carbocycles. The summed E-state index contributed by atoms with van der Waals surface area (Å²) in [4.78, 5) is 22.6. The minimum Gasteiger partial charge on any atom is -0.481 e. The van der Waals surface area contributed by atoms with Crippen molar-refractivity contribution in [3.05, 3.63) is 17.8 Å². The van der Waals surface area contributed by atoms with Gasteiger partial charge in [0.05, 0.1) is 12.5 Å². The molecule has 104 valence electrons. The molecule has 0 aromatic carbocycles. The number of amides is 1. The molecule has 0 spiro atoms. The van der Waals surface area contributed by atoms with E-state index in [0.29, 0.717) is 12.3 Å². The van der Waals surface area contributed by atoms with Gasteiger partial charge in [-0.15, -0.1) is 10.2 Å². The van der Waals surface area contributed by atoms with Gasteiger partial charge in [0.1, 0.15) is 0 Å². The smallest absolute Gasteiger partial charge is 0.309 e. The SMILES string of the molecule is COc1ccc(C(=O)NCCC(C)(C)C(=O)O)nn1. The lowest BCUT2D eigenvalue weighted by Gasteiger charge is -2.18. The minimum absolute atomic E-state index is 0.161. The van der Waals surface area contributed by atoms with E-state index in [4.69, 9.17) is 9.84 Å². The second kappa shape index (κ2) is 6.12. The molecular weight excluding hydrogens is 250 g/mol. The number of hydrogen-bond donors (Lipinski definition) is 2. The van der Waals surface area contributed by atoms with E-state index in [-0.39, 0.29) is 12.2 Å². The number of carbonyl (C=O) groups is 2. The lowest BCUT2D eigenvalue weighted by Crippen LogP contribution is -2.32. The molecule has 0 saturated heterocycles. The van der Waals surface area contributed by atoms with Crippen LogP contribution in [-0.4, -0.2) is 40.8 Å². The van der Waals surface area contributed by atoms with Crippen LogP contribution in [0.1, 0.15) is 30.8 Å². The molecule has 0 atom stereocenters. The van der Waals surface area contributed by atoms with Gasteiger partial charge in [0, 0.05) is 12.6 Å². The second-order valence-corrected chi connectivity index (χ2v) is 4.66. The van der Waals surface area contributed by atoms with E-state index in [9.17, 15) is 9.59 Å². The first-order valence-electron chi connectivity index (χ1n) is 5.76. The molecule has 1 aromatic heterocycles. The largest absolute Gasteiger partial charge is 0.481 e. The van der Waals surface area contributed by atoms with Crippen molar-refractivity contribution < 1.29 is 19.4 Å². The van der Waals surface area contributed by atoms with Gasteiger partial charge in [-0.1, -0.05) is 0 Å². The lowest BCUT2D eigenvalue weighted by molar-refractivity contribution is -0.147. The minimum atomic E-state index is -0.897. The molecular formula is C12H17N3O4. The lowest BCUT2D eigenvalue weighted by atomic mass is 9.90. The Morgan fingerprint density at radius 3 is 2.53 bits per heavy atom. The highest BCUT2D eigenvalue weighted by Gasteiger charge is 2.26. The van der Waals surface area contributed by atoms with E-state index in [1.54, 1.807) is 13.8 Å². The summed E-state index contributed by atoms with van der Waals surface area (Å²) in [6.45, 7) is 3.47. The fourth-order valence-electron chi connectivity index (χ4n) is 1.24. The fourth-order valence-corrected chi connectivity index (χ4v) is 1.24. The molecule has 1 heterocycles. The van der Waals surface area contributed by atoms with Crippen LogP contribution in [0.5, 0.6) is 5.88 Å². The molecule has 1 aromatic rings. The molecule has 0 aliphatic heterocycles. The van der Waals surface area contributed by atoms with E-state index in [0.717, 1.165) is 0 Å². The summed E-state index contributed by atoms with van der Waals surface area (Å²) >= 11 is 0. The van der Waals surface area contributed by atoms with Crippen molar-refractivity contribution in [3.63, 3.8) is 0 Å². The predicted octanol–water partition coefficient (Wildman–Crippen LogP) is 0.716. The third-order valence-corrected chi connectivity index (χ3v) is 2.70. The van der Waals surface area contributed by atoms with E-state index < -0.39 is 17.3 Å². The Labute approximate surface area is 111 Å². The number of nitrogens with one attached hydrogen (secondary N) is 1. The first kappa shape index (κ1) is 14.9. The zero-order valence-electron chi connectivity index (χ0n) is 11.1. The van der Waals surface area contributed by atoms with Gasteiger partial charge in [0.25, 0.3) is 5.91 Å². The zero-order chi connectivity index (χ0) is 14.5. The first-order valence-corrected chi connectivity index (χ1v) is 5.76. The summed E-state index contributed by atoms with van der Waals surface area (Å²) in [5.74, 6) is -0.967. The van der Waals surface area contributed by atoms with Crippen molar-refractivity contribution in [1.29, 1.82) is 0 Å². The number of carboxylic acids is 1. The summed E-state index contributed by atoms with van der Waals surface area (Å²) in [5, 5.41) is 18.9. The van der Waals surface area contributed by atoms with Crippen molar-refractivity contribution in [2.75, 3.05) is 13.7 Å². The third-order valence-electron chi connectivity index (χ3n) is 2.70. The highest BCUT2D eigenvalue weighted by Crippen LogP contribution is 2.19. The maximum absolute atomic E-state index is 11.7. The van der Waals surface area contributed by atoms with Crippen molar-refractivity contribution in [1.82, 2.24) is 15.5 Å². The van der Waals surface area contributed by atoms with Gasteiger partial charge < -0.3 is 15.2 Å². The van der Waals surface area contributed by atoms with Crippen LogP contribution in [0.4, 0.5) is 0 Å². The zero-order valence-corrected chi connectivity index (χ0v) is 11.1. The van der Waals surface area contributed by atoms with Crippen LogP contribution in [0, 0.1) is 5.41 Å². The number of aromatic nitrogens is 2. The Bertz CT molecular complexity index is 457. The normalized spacial score (nSPS) is 10.9. The van der Waals surface area contributed by atoms with Crippen molar-refractivity contribution in [2.24, 2.45) is 5.41 Å². The molecule has 0 aliphatic rings. The van der Waals surface area contributed by atoms with Crippen LogP contribution in [0.2, 0.25) is 0 Å². The monoisotopic (exact) mass is 267 g/mol. The third kappa shape index (κ3) is 4.20. The highest BCUT2D eigenvalue weighted by atomic mass is 16.5. The van der Waals surface area contributed by atoms with Crippen LogP contribution < -0.4 is 10.1 Å². The number of rotatable bonds is 6. The molecule has 0 fully saturated rings. The highest BCUT2D eigenvalue weighted by molar-refractivity contribution is 5.92. The van der Waals surface area contributed by atoms with Gasteiger partial charge in [-0.25, -0.2) is 0 Å². The summed E-state index contributed by atoms with van der Waals surface area (Å²) in [6.07, 6.45) is 0.331. The summed E-state index contributed by atoms with van der Waals surface area (Å²) in [6, 6.07) is 3.02. The van der Waals surface area contributed by atoms with E-state index >= 15 is 0 Å². The maximum atomic E-state index is 11.7. The Balaban J connectivity index is 2.49. The summed E-state index contributed by atoms with van der Waals surface area (Å²) in [5.41, 5.74) is -0.715. The molecule has 1 rings (SSSR count). The molecule has 7 nitrogen and oxygen atoms in total. The van der Waals surface area contributed by atoms with Gasteiger partial charge >= 0.3 is 5.97 Å². The average Bonchev–Trinajstić information content (AvgIpc) is 2.38. The summed E-state index contributed by atoms with van der Waals surface area (Å²) in [7, 11) is 1.46.